The third kappa shape index (κ3) is 5.22. The number of hydrogen-bond donors (Lipinski definition) is 1. The van der Waals surface area contributed by atoms with Crippen LogP contribution in [0, 0.1) is 17.7 Å². The Morgan fingerprint density at radius 2 is 1.83 bits per heavy atom. The summed E-state index contributed by atoms with van der Waals surface area (Å²) >= 11 is 0. The van der Waals surface area contributed by atoms with Crippen LogP contribution in [0.25, 0.3) is 11.1 Å². The molecule has 2 aromatic carbocycles. The SMILES string of the molecule is CCC(CC)C(=O)N1CCC[C@H](C(=O)Nc2cccc(-c3ccc(F)cc3)c2)C1. The van der Waals surface area contributed by atoms with Crippen molar-refractivity contribution in [3.05, 3.63) is 54.3 Å². The van der Waals surface area contributed by atoms with E-state index in [1.54, 1.807) is 12.1 Å². The molecule has 1 heterocycles. The fourth-order valence-corrected chi connectivity index (χ4v) is 3.95. The molecule has 3 rings (SSSR count). The highest BCUT2D eigenvalue weighted by molar-refractivity contribution is 5.94. The van der Waals surface area contributed by atoms with Gasteiger partial charge in [-0.2, -0.15) is 0 Å². The molecule has 2 amide bonds. The fourth-order valence-electron chi connectivity index (χ4n) is 3.95. The summed E-state index contributed by atoms with van der Waals surface area (Å²) in [6, 6.07) is 13.8. The van der Waals surface area contributed by atoms with Crippen molar-refractivity contribution >= 4 is 17.5 Å². The fraction of sp³-hybridized carbons (Fsp3) is 0.417. The summed E-state index contributed by atoms with van der Waals surface area (Å²) in [5, 5.41) is 3.00. The van der Waals surface area contributed by atoms with Crippen LogP contribution in [-0.4, -0.2) is 29.8 Å². The highest BCUT2D eigenvalue weighted by atomic mass is 19.1. The van der Waals surface area contributed by atoms with E-state index in [1.165, 1.54) is 12.1 Å². The van der Waals surface area contributed by atoms with Crippen LogP contribution in [0.15, 0.2) is 48.5 Å². The molecule has 1 saturated heterocycles. The van der Waals surface area contributed by atoms with Gasteiger partial charge < -0.3 is 10.2 Å². The van der Waals surface area contributed by atoms with Crippen molar-refractivity contribution in [1.82, 2.24) is 4.90 Å². The van der Waals surface area contributed by atoms with Crippen LogP contribution in [0.3, 0.4) is 0 Å². The topological polar surface area (TPSA) is 49.4 Å². The summed E-state index contributed by atoms with van der Waals surface area (Å²) in [5.41, 5.74) is 2.51. The second-order valence-corrected chi connectivity index (χ2v) is 7.71. The molecule has 5 heteroatoms. The van der Waals surface area contributed by atoms with Gasteiger partial charge >= 0.3 is 0 Å². The van der Waals surface area contributed by atoms with Crippen LogP contribution < -0.4 is 5.32 Å². The van der Waals surface area contributed by atoms with Crippen molar-refractivity contribution < 1.29 is 14.0 Å². The van der Waals surface area contributed by atoms with E-state index in [-0.39, 0.29) is 29.5 Å². The number of anilines is 1. The first kappa shape index (κ1) is 21.0. The maximum absolute atomic E-state index is 13.2. The quantitative estimate of drug-likeness (QED) is 0.738. The molecule has 4 nitrogen and oxygen atoms in total. The van der Waals surface area contributed by atoms with Gasteiger partial charge in [0.15, 0.2) is 0 Å². The minimum absolute atomic E-state index is 0.0456. The van der Waals surface area contributed by atoms with Crippen LogP contribution in [-0.2, 0) is 9.59 Å². The van der Waals surface area contributed by atoms with E-state index in [2.05, 4.69) is 5.32 Å². The highest BCUT2D eigenvalue weighted by Gasteiger charge is 2.30. The molecule has 0 spiro atoms. The van der Waals surface area contributed by atoms with Gasteiger partial charge in [0.05, 0.1) is 5.92 Å². The summed E-state index contributed by atoms with van der Waals surface area (Å²) in [5.74, 6) is -0.308. The maximum Gasteiger partial charge on any atom is 0.229 e. The molecule has 154 valence electrons. The molecule has 0 aromatic heterocycles. The normalized spacial score (nSPS) is 16.7. The predicted octanol–water partition coefficient (Wildman–Crippen LogP) is 5.11. The zero-order chi connectivity index (χ0) is 20.8. The first-order valence-electron chi connectivity index (χ1n) is 10.5. The number of rotatable bonds is 6. The summed E-state index contributed by atoms with van der Waals surface area (Å²) in [6.07, 6.45) is 3.30. The second kappa shape index (κ2) is 9.68. The number of nitrogens with one attached hydrogen (secondary N) is 1. The number of halogens is 1. The highest BCUT2D eigenvalue weighted by Crippen LogP contribution is 2.25. The Balaban J connectivity index is 1.66. The molecule has 1 N–H and O–H groups in total. The molecular formula is C24H29FN2O2. The van der Waals surface area contributed by atoms with Gasteiger partial charge in [-0.3, -0.25) is 9.59 Å². The largest absolute Gasteiger partial charge is 0.342 e. The zero-order valence-corrected chi connectivity index (χ0v) is 17.2. The summed E-state index contributed by atoms with van der Waals surface area (Å²) in [6.45, 7) is 5.29. The van der Waals surface area contributed by atoms with Crippen LogP contribution in [0.2, 0.25) is 0 Å². The van der Waals surface area contributed by atoms with Crippen LogP contribution in [0.5, 0.6) is 0 Å². The summed E-state index contributed by atoms with van der Waals surface area (Å²) in [7, 11) is 0. The number of likely N-dealkylation sites (tertiary alicyclic amines) is 1. The zero-order valence-electron chi connectivity index (χ0n) is 17.2. The number of benzene rings is 2. The number of carbonyl (C=O) groups is 2. The Hall–Kier alpha value is -2.69. The number of carbonyl (C=O) groups excluding carboxylic acids is 2. The Bertz CT molecular complexity index is 846. The molecule has 1 fully saturated rings. The van der Waals surface area contributed by atoms with Gasteiger partial charge in [0.2, 0.25) is 11.8 Å². The van der Waals surface area contributed by atoms with Crippen molar-refractivity contribution in [3.8, 4) is 11.1 Å². The van der Waals surface area contributed by atoms with Gasteiger partial charge in [-0.15, -0.1) is 0 Å². The van der Waals surface area contributed by atoms with E-state index in [9.17, 15) is 14.0 Å². The van der Waals surface area contributed by atoms with E-state index in [1.807, 2.05) is 43.0 Å². The smallest absolute Gasteiger partial charge is 0.229 e. The molecule has 0 unspecified atom stereocenters. The monoisotopic (exact) mass is 396 g/mol. The first-order valence-corrected chi connectivity index (χ1v) is 10.5. The minimum Gasteiger partial charge on any atom is -0.342 e. The van der Waals surface area contributed by atoms with Crippen LogP contribution >= 0.6 is 0 Å². The van der Waals surface area contributed by atoms with Gasteiger partial charge in [-0.1, -0.05) is 38.1 Å². The number of nitrogens with zero attached hydrogens (tertiary/aromatic N) is 1. The standard InChI is InChI=1S/C24H29FN2O2/c1-3-17(4-2)24(29)27-14-6-8-20(16-27)23(28)26-22-9-5-7-19(15-22)18-10-12-21(25)13-11-18/h5,7,9-13,15,17,20H,3-4,6,8,14,16H2,1-2H3,(H,26,28)/t20-/m0/s1. The van der Waals surface area contributed by atoms with E-state index < -0.39 is 0 Å². The lowest BCUT2D eigenvalue weighted by Gasteiger charge is -2.34. The molecule has 0 saturated carbocycles. The van der Waals surface area contributed by atoms with Crippen molar-refractivity contribution in [2.75, 3.05) is 18.4 Å². The van der Waals surface area contributed by atoms with Gasteiger partial charge in [0.25, 0.3) is 0 Å². The van der Waals surface area contributed by atoms with Gasteiger partial charge in [-0.25, -0.2) is 4.39 Å². The molecule has 2 aromatic rings. The molecule has 1 aliphatic heterocycles. The molecule has 1 aliphatic rings. The lowest BCUT2D eigenvalue weighted by molar-refractivity contribution is -0.138. The molecule has 0 bridgehead atoms. The third-order valence-corrected chi connectivity index (χ3v) is 5.75. The molecule has 1 atom stereocenters. The molecule has 29 heavy (non-hydrogen) atoms. The van der Waals surface area contributed by atoms with Gasteiger partial charge in [0, 0.05) is 24.7 Å². The first-order chi connectivity index (χ1) is 14.0. The predicted molar refractivity (Wildman–Crippen MR) is 114 cm³/mol. The molecule has 0 aliphatic carbocycles. The lowest BCUT2D eigenvalue weighted by Crippen LogP contribution is -2.45. The van der Waals surface area contributed by atoms with Gasteiger partial charge in [0.1, 0.15) is 5.82 Å². The number of piperidine rings is 1. The van der Waals surface area contributed by atoms with E-state index in [0.717, 1.165) is 43.4 Å². The minimum atomic E-state index is -0.275. The van der Waals surface area contributed by atoms with E-state index >= 15 is 0 Å². The summed E-state index contributed by atoms with van der Waals surface area (Å²) in [4.78, 5) is 27.4. The number of hydrogen-bond acceptors (Lipinski definition) is 2. The van der Waals surface area contributed by atoms with Crippen molar-refractivity contribution in [1.29, 1.82) is 0 Å². The number of amides is 2. The summed E-state index contributed by atoms with van der Waals surface area (Å²) < 4.78 is 13.2. The second-order valence-electron chi connectivity index (χ2n) is 7.71. The average molecular weight is 397 g/mol. The molecular weight excluding hydrogens is 367 g/mol. The Kier molecular flexibility index (Phi) is 7.02. The van der Waals surface area contributed by atoms with Crippen molar-refractivity contribution in [2.24, 2.45) is 11.8 Å². The lowest BCUT2D eigenvalue weighted by atomic mass is 9.94. The van der Waals surface area contributed by atoms with Crippen molar-refractivity contribution in [2.45, 2.75) is 39.5 Å². The Morgan fingerprint density at radius 1 is 1.10 bits per heavy atom. The van der Waals surface area contributed by atoms with Crippen LogP contribution in [0.4, 0.5) is 10.1 Å². The van der Waals surface area contributed by atoms with Gasteiger partial charge in [-0.05, 0) is 61.1 Å². The Labute approximate surface area is 172 Å². The maximum atomic E-state index is 13.2. The van der Waals surface area contributed by atoms with E-state index in [4.69, 9.17) is 0 Å². The molecule has 0 radical (unpaired) electrons. The third-order valence-electron chi connectivity index (χ3n) is 5.75. The van der Waals surface area contributed by atoms with Crippen LogP contribution in [0.1, 0.15) is 39.5 Å². The van der Waals surface area contributed by atoms with E-state index in [0.29, 0.717) is 12.2 Å². The van der Waals surface area contributed by atoms with Crippen molar-refractivity contribution in [3.63, 3.8) is 0 Å². The average Bonchev–Trinajstić information content (AvgIpc) is 2.75. The Morgan fingerprint density at radius 3 is 2.52 bits per heavy atom.